The van der Waals surface area contributed by atoms with Gasteiger partial charge in [-0.25, -0.2) is 0 Å². The van der Waals surface area contributed by atoms with E-state index >= 15 is 0 Å². The molecular formula is C19H20O. The lowest BCUT2D eigenvalue weighted by Crippen LogP contribution is -1.86. The van der Waals surface area contributed by atoms with Crippen molar-refractivity contribution >= 4 is 6.08 Å². The van der Waals surface area contributed by atoms with Crippen LogP contribution in [0.15, 0.2) is 60.7 Å². The highest BCUT2D eigenvalue weighted by Crippen LogP contribution is 2.42. The minimum absolute atomic E-state index is 0.315. The van der Waals surface area contributed by atoms with E-state index in [9.17, 15) is 0 Å². The first kappa shape index (κ1) is 13.1. The number of rotatable bonds is 5. The van der Waals surface area contributed by atoms with Crippen molar-refractivity contribution in [1.82, 2.24) is 0 Å². The number of benzene rings is 2. The van der Waals surface area contributed by atoms with Gasteiger partial charge in [-0.05, 0) is 41.4 Å². The average molecular weight is 264 g/mol. The van der Waals surface area contributed by atoms with Gasteiger partial charge in [-0.2, -0.15) is 0 Å². The Balaban J connectivity index is 1.79. The van der Waals surface area contributed by atoms with Crippen LogP contribution in [0.25, 0.3) is 17.2 Å². The van der Waals surface area contributed by atoms with Crippen molar-refractivity contribution in [3.63, 3.8) is 0 Å². The Morgan fingerprint density at radius 3 is 2.55 bits per heavy atom. The maximum atomic E-state index is 8.95. The quantitative estimate of drug-likeness (QED) is 0.849. The van der Waals surface area contributed by atoms with Crippen molar-refractivity contribution < 1.29 is 5.11 Å². The smallest absolute Gasteiger partial charge is 0.0433 e. The van der Waals surface area contributed by atoms with Crippen LogP contribution in [0.1, 0.15) is 18.4 Å². The number of aliphatic hydroxyl groups is 1. The lowest BCUT2D eigenvalue weighted by atomic mass is 9.99. The SMILES string of the molecule is OCC[C@H]1C[C@H]1/C=C/c1ccccc1-c1ccccc1. The Morgan fingerprint density at radius 1 is 1.00 bits per heavy atom. The molecule has 20 heavy (non-hydrogen) atoms. The normalized spacial score (nSPS) is 21.2. The van der Waals surface area contributed by atoms with Gasteiger partial charge in [0.15, 0.2) is 0 Å². The number of allylic oxidation sites excluding steroid dienone is 1. The van der Waals surface area contributed by atoms with E-state index in [1.54, 1.807) is 0 Å². The van der Waals surface area contributed by atoms with Crippen molar-refractivity contribution in [1.29, 1.82) is 0 Å². The van der Waals surface area contributed by atoms with Crippen LogP contribution in [-0.4, -0.2) is 11.7 Å². The molecule has 102 valence electrons. The fourth-order valence-electron chi connectivity index (χ4n) is 2.75. The van der Waals surface area contributed by atoms with Gasteiger partial charge < -0.3 is 5.11 Å². The first-order valence-corrected chi connectivity index (χ1v) is 7.32. The summed E-state index contributed by atoms with van der Waals surface area (Å²) in [6, 6.07) is 19.0. The van der Waals surface area contributed by atoms with Gasteiger partial charge in [0, 0.05) is 6.61 Å². The second kappa shape index (κ2) is 6.06. The summed E-state index contributed by atoms with van der Waals surface area (Å²) in [7, 11) is 0. The third-order valence-electron chi connectivity index (χ3n) is 4.05. The fourth-order valence-corrected chi connectivity index (χ4v) is 2.75. The Morgan fingerprint density at radius 2 is 1.75 bits per heavy atom. The zero-order chi connectivity index (χ0) is 13.8. The number of hydrogen-bond acceptors (Lipinski definition) is 1. The van der Waals surface area contributed by atoms with E-state index in [0.717, 1.165) is 6.42 Å². The molecule has 2 atom stereocenters. The average Bonchev–Trinajstić information content (AvgIpc) is 3.25. The largest absolute Gasteiger partial charge is 0.396 e. The molecule has 0 amide bonds. The molecular weight excluding hydrogens is 244 g/mol. The molecule has 1 saturated carbocycles. The standard InChI is InChI=1S/C19H20O/c20-13-12-18-14-17(18)11-10-16-8-4-5-9-19(16)15-6-2-1-3-7-15/h1-11,17-18,20H,12-14H2/b11-10+/t17-,18+/m1/s1. The molecule has 1 heteroatoms. The van der Waals surface area contributed by atoms with Gasteiger partial charge in [0.2, 0.25) is 0 Å². The summed E-state index contributed by atoms with van der Waals surface area (Å²) in [5.41, 5.74) is 3.81. The molecule has 1 aliphatic rings. The van der Waals surface area contributed by atoms with E-state index in [1.165, 1.54) is 23.1 Å². The Hall–Kier alpha value is -1.86. The maximum Gasteiger partial charge on any atom is 0.0433 e. The molecule has 0 bridgehead atoms. The van der Waals surface area contributed by atoms with Crippen LogP contribution in [-0.2, 0) is 0 Å². The zero-order valence-electron chi connectivity index (χ0n) is 11.6. The molecule has 0 heterocycles. The number of aliphatic hydroxyl groups excluding tert-OH is 1. The molecule has 1 fully saturated rings. The van der Waals surface area contributed by atoms with Crippen molar-refractivity contribution in [3.8, 4) is 11.1 Å². The predicted molar refractivity (Wildman–Crippen MR) is 84.2 cm³/mol. The van der Waals surface area contributed by atoms with E-state index < -0.39 is 0 Å². The third-order valence-corrected chi connectivity index (χ3v) is 4.05. The second-order valence-corrected chi connectivity index (χ2v) is 5.48. The summed E-state index contributed by atoms with van der Waals surface area (Å²) in [5, 5.41) is 8.95. The molecule has 2 aromatic carbocycles. The highest BCUT2D eigenvalue weighted by atomic mass is 16.3. The fraction of sp³-hybridized carbons (Fsp3) is 0.263. The minimum atomic E-state index is 0.315. The maximum absolute atomic E-state index is 8.95. The van der Waals surface area contributed by atoms with Crippen molar-refractivity contribution in [2.45, 2.75) is 12.8 Å². The van der Waals surface area contributed by atoms with Gasteiger partial charge in [-0.15, -0.1) is 0 Å². The van der Waals surface area contributed by atoms with E-state index in [1.807, 2.05) is 6.07 Å². The lowest BCUT2D eigenvalue weighted by Gasteiger charge is -2.06. The summed E-state index contributed by atoms with van der Waals surface area (Å²) < 4.78 is 0. The lowest BCUT2D eigenvalue weighted by molar-refractivity contribution is 0.278. The predicted octanol–water partition coefficient (Wildman–Crippen LogP) is 4.39. The van der Waals surface area contributed by atoms with Crippen molar-refractivity contribution in [3.05, 3.63) is 66.2 Å². The van der Waals surface area contributed by atoms with Crippen LogP contribution in [0.4, 0.5) is 0 Å². The van der Waals surface area contributed by atoms with E-state index in [-0.39, 0.29) is 0 Å². The van der Waals surface area contributed by atoms with E-state index in [0.29, 0.717) is 18.4 Å². The van der Waals surface area contributed by atoms with Gasteiger partial charge in [0.05, 0.1) is 0 Å². The summed E-state index contributed by atoms with van der Waals surface area (Å²) in [6.45, 7) is 0.315. The van der Waals surface area contributed by atoms with Crippen LogP contribution in [0, 0.1) is 11.8 Å². The molecule has 1 N–H and O–H groups in total. The first-order valence-electron chi connectivity index (χ1n) is 7.32. The van der Waals surface area contributed by atoms with Gasteiger partial charge in [0.25, 0.3) is 0 Å². The Bertz CT molecular complexity index is 586. The molecule has 1 aliphatic carbocycles. The Kier molecular flexibility index (Phi) is 3.98. The molecule has 2 aromatic rings. The van der Waals surface area contributed by atoms with Crippen LogP contribution >= 0.6 is 0 Å². The molecule has 0 unspecified atom stereocenters. The first-order chi connectivity index (χ1) is 9.88. The molecule has 0 radical (unpaired) electrons. The second-order valence-electron chi connectivity index (χ2n) is 5.48. The highest BCUT2D eigenvalue weighted by Gasteiger charge is 2.33. The third kappa shape index (κ3) is 3.00. The number of hydrogen-bond donors (Lipinski definition) is 1. The van der Waals surface area contributed by atoms with Crippen molar-refractivity contribution in [2.24, 2.45) is 11.8 Å². The zero-order valence-corrected chi connectivity index (χ0v) is 11.6. The molecule has 0 aromatic heterocycles. The van der Waals surface area contributed by atoms with E-state index in [4.69, 9.17) is 5.11 Å². The molecule has 1 nitrogen and oxygen atoms in total. The highest BCUT2D eigenvalue weighted by molar-refractivity contribution is 5.75. The van der Waals surface area contributed by atoms with E-state index in [2.05, 4.69) is 60.7 Å². The van der Waals surface area contributed by atoms with Crippen LogP contribution in [0.5, 0.6) is 0 Å². The van der Waals surface area contributed by atoms with Crippen molar-refractivity contribution in [2.75, 3.05) is 6.61 Å². The summed E-state index contributed by atoms with van der Waals surface area (Å²) in [5.74, 6) is 1.35. The molecule has 3 rings (SSSR count). The van der Waals surface area contributed by atoms with Gasteiger partial charge in [-0.1, -0.05) is 66.7 Å². The molecule has 0 spiro atoms. The van der Waals surface area contributed by atoms with Crippen LogP contribution < -0.4 is 0 Å². The summed E-state index contributed by atoms with van der Waals surface area (Å²) in [6.07, 6.45) is 6.71. The molecule has 0 aliphatic heterocycles. The van der Waals surface area contributed by atoms with Crippen LogP contribution in [0.3, 0.4) is 0 Å². The summed E-state index contributed by atoms with van der Waals surface area (Å²) in [4.78, 5) is 0. The van der Waals surface area contributed by atoms with Gasteiger partial charge in [0.1, 0.15) is 0 Å². The Labute approximate surface area is 120 Å². The topological polar surface area (TPSA) is 20.2 Å². The van der Waals surface area contributed by atoms with Gasteiger partial charge in [-0.3, -0.25) is 0 Å². The monoisotopic (exact) mass is 264 g/mol. The molecule has 0 saturated heterocycles. The minimum Gasteiger partial charge on any atom is -0.396 e. The van der Waals surface area contributed by atoms with Crippen LogP contribution in [0.2, 0.25) is 0 Å². The van der Waals surface area contributed by atoms with Gasteiger partial charge >= 0.3 is 0 Å². The summed E-state index contributed by atoms with van der Waals surface area (Å²) >= 11 is 0.